The Morgan fingerprint density at radius 1 is 1.18 bits per heavy atom. The van der Waals surface area contributed by atoms with E-state index in [1.165, 1.54) is 28.4 Å². The number of rotatable bonds is 8. The summed E-state index contributed by atoms with van der Waals surface area (Å²) in [6.07, 6.45) is -2.87. The Bertz CT molecular complexity index is 1260. The maximum atomic E-state index is 13.2. The first kappa shape index (κ1) is 29.2. The molecule has 2 aliphatic rings. The van der Waals surface area contributed by atoms with Crippen LogP contribution in [0.1, 0.15) is 24.1 Å². The van der Waals surface area contributed by atoms with Crippen molar-refractivity contribution in [3.63, 3.8) is 0 Å². The number of hydrogen-bond donors (Lipinski definition) is 2. The van der Waals surface area contributed by atoms with Gasteiger partial charge in [0.2, 0.25) is 0 Å². The fourth-order valence-corrected chi connectivity index (χ4v) is 5.29. The molecule has 1 aromatic carbocycles. The average molecular weight is 578 g/mol. The number of halogens is 3. The number of ether oxygens (including phenoxy) is 1. The number of amides is 4. The average Bonchev–Trinajstić information content (AvgIpc) is 3.46. The van der Waals surface area contributed by atoms with E-state index in [9.17, 15) is 27.6 Å². The van der Waals surface area contributed by atoms with Crippen molar-refractivity contribution in [2.24, 2.45) is 0 Å². The van der Waals surface area contributed by atoms with Crippen molar-refractivity contribution < 1.29 is 32.3 Å². The summed E-state index contributed by atoms with van der Waals surface area (Å²) < 4.78 is 43.8. The third-order valence-electron chi connectivity index (χ3n) is 6.62. The summed E-state index contributed by atoms with van der Waals surface area (Å²) in [6, 6.07) is 4.68. The van der Waals surface area contributed by atoms with Gasteiger partial charge in [-0.2, -0.15) is 24.5 Å². The first-order valence-corrected chi connectivity index (χ1v) is 13.6. The van der Waals surface area contributed by atoms with E-state index in [1.54, 1.807) is 17.9 Å². The van der Waals surface area contributed by atoms with E-state index in [0.717, 1.165) is 17.7 Å². The fraction of sp³-hybridized carbons (Fsp3) is 0.370. The van der Waals surface area contributed by atoms with Crippen molar-refractivity contribution in [3.05, 3.63) is 76.1 Å². The van der Waals surface area contributed by atoms with E-state index in [4.69, 9.17) is 4.74 Å². The number of carbonyl (C=O) groups is 3. The zero-order valence-corrected chi connectivity index (χ0v) is 22.7. The lowest BCUT2D eigenvalue weighted by molar-refractivity contribution is -0.139. The highest BCUT2D eigenvalue weighted by Gasteiger charge is 2.39. The van der Waals surface area contributed by atoms with E-state index >= 15 is 0 Å². The van der Waals surface area contributed by atoms with Gasteiger partial charge >= 0.3 is 24.2 Å². The zero-order chi connectivity index (χ0) is 28.9. The minimum absolute atomic E-state index is 0.175. The van der Waals surface area contributed by atoms with Crippen molar-refractivity contribution in [2.45, 2.75) is 19.1 Å². The Labute approximate surface area is 233 Å². The van der Waals surface area contributed by atoms with Gasteiger partial charge in [0.1, 0.15) is 0 Å². The number of nitrogens with zero attached hydrogens (tertiary/aromatic N) is 3. The second-order valence-electron chi connectivity index (χ2n) is 9.19. The summed E-state index contributed by atoms with van der Waals surface area (Å²) in [5, 5.41) is 9.29. The first-order chi connectivity index (χ1) is 19.1. The molecule has 2 aromatic rings. The lowest BCUT2D eigenvalue weighted by atomic mass is 9.96. The Kier molecular flexibility index (Phi) is 9.15. The summed E-state index contributed by atoms with van der Waals surface area (Å²) in [5.41, 5.74) is 1.11. The molecule has 1 aromatic heterocycles. The SMILES string of the molecule is C=CCN1C(=O)N[C@H](c2ccsc2)C(C(=O)OCC)=C1CN1CCN(C(=O)Nc2ccc(C(F)(F)F)cc2)CC1. The molecule has 4 rings (SSSR count). The number of alkyl halides is 3. The lowest BCUT2D eigenvalue weighted by Gasteiger charge is -2.40. The predicted octanol–water partition coefficient (Wildman–Crippen LogP) is 4.69. The number of anilines is 1. The standard InChI is InChI=1S/C27H30F3N5O4S/c1-3-10-35-21(22(24(36)39-4-2)23(32-26(35)38)18-9-15-40-17-18)16-33-11-13-34(14-12-33)25(37)31-20-7-5-19(6-8-20)27(28,29)30/h3,5-9,15,17,23H,1,4,10-14,16H2,2H3,(H,31,37)(H,32,38)/t23-/m1/s1. The molecule has 2 aliphatic heterocycles. The zero-order valence-electron chi connectivity index (χ0n) is 21.9. The van der Waals surface area contributed by atoms with E-state index in [1.807, 2.05) is 21.7 Å². The van der Waals surface area contributed by atoms with Crippen LogP contribution >= 0.6 is 11.3 Å². The van der Waals surface area contributed by atoms with E-state index < -0.39 is 29.8 Å². The lowest BCUT2D eigenvalue weighted by Crippen LogP contribution is -2.54. The quantitative estimate of drug-likeness (QED) is 0.351. The summed E-state index contributed by atoms with van der Waals surface area (Å²) >= 11 is 1.46. The van der Waals surface area contributed by atoms with Crippen LogP contribution in [-0.4, -0.2) is 78.6 Å². The van der Waals surface area contributed by atoms with Gasteiger partial charge in [-0.1, -0.05) is 6.08 Å². The predicted molar refractivity (Wildman–Crippen MR) is 145 cm³/mol. The molecule has 3 heterocycles. The number of nitrogens with one attached hydrogen (secondary N) is 2. The minimum atomic E-state index is -4.45. The van der Waals surface area contributed by atoms with Crippen LogP contribution in [0.4, 0.5) is 28.4 Å². The maximum absolute atomic E-state index is 13.2. The molecule has 40 heavy (non-hydrogen) atoms. The summed E-state index contributed by atoms with van der Waals surface area (Å²) in [4.78, 5) is 44.1. The smallest absolute Gasteiger partial charge is 0.416 e. The molecule has 0 bridgehead atoms. The monoisotopic (exact) mass is 577 g/mol. The molecule has 1 fully saturated rings. The van der Waals surface area contributed by atoms with Gasteiger partial charge in [-0.25, -0.2) is 14.4 Å². The van der Waals surface area contributed by atoms with Gasteiger partial charge < -0.3 is 20.3 Å². The molecule has 2 N–H and O–H groups in total. The van der Waals surface area contributed by atoms with Crippen LogP contribution in [0.2, 0.25) is 0 Å². The van der Waals surface area contributed by atoms with Crippen molar-refractivity contribution in [2.75, 3.05) is 51.2 Å². The number of esters is 1. The number of benzene rings is 1. The molecular formula is C27H30F3N5O4S. The molecule has 9 nitrogen and oxygen atoms in total. The van der Waals surface area contributed by atoms with Crippen LogP contribution in [0, 0.1) is 0 Å². The highest BCUT2D eigenvalue weighted by Crippen LogP contribution is 2.33. The van der Waals surface area contributed by atoms with Gasteiger partial charge in [0.25, 0.3) is 0 Å². The first-order valence-electron chi connectivity index (χ1n) is 12.7. The van der Waals surface area contributed by atoms with Gasteiger partial charge in [-0.15, -0.1) is 6.58 Å². The van der Waals surface area contributed by atoms with Crippen LogP contribution in [0.3, 0.4) is 0 Å². The molecule has 0 aliphatic carbocycles. The Hall–Kier alpha value is -3.84. The van der Waals surface area contributed by atoms with E-state index in [2.05, 4.69) is 17.2 Å². The molecule has 1 atom stereocenters. The topological polar surface area (TPSA) is 94.2 Å². The fourth-order valence-electron chi connectivity index (χ4n) is 4.60. The molecule has 0 radical (unpaired) electrons. The van der Waals surface area contributed by atoms with Gasteiger partial charge in [0.05, 0.1) is 23.8 Å². The van der Waals surface area contributed by atoms with Crippen molar-refractivity contribution in [1.29, 1.82) is 0 Å². The van der Waals surface area contributed by atoms with Crippen molar-refractivity contribution >= 4 is 35.1 Å². The number of thiophene rings is 1. The van der Waals surface area contributed by atoms with Crippen molar-refractivity contribution in [3.8, 4) is 0 Å². The third kappa shape index (κ3) is 6.65. The summed E-state index contributed by atoms with van der Waals surface area (Å²) in [7, 11) is 0. The van der Waals surface area contributed by atoms with Gasteiger partial charge in [-0.05, 0) is 53.6 Å². The molecule has 13 heteroatoms. The van der Waals surface area contributed by atoms with Crippen LogP contribution in [0.5, 0.6) is 0 Å². The summed E-state index contributed by atoms with van der Waals surface area (Å²) in [6.45, 7) is 7.69. The molecule has 214 valence electrons. The number of urea groups is 2. The van der Waals surface area contributed by atoms with Gasteiger partial charge in [0.15, 0.2) is 0 Å². The highest BCUT2D eigenvalue weighted by atomic mass is 32.1. The number of piperazine rings is 1. The van der Waals surface area contributed by atoms with Gasteiger partial charge in [-0.3, -0.25) is 9.80 Å². The molecular weight excluding hydrogens is 547 g/mol. The van der Waals surface area contributed by atoms with Crippen LogP contribution in [-0.2, 0) is 15.7 Å². The number of hydrogen-bond acceptors (Lipinski definition) is 6. The maximum Gasteiger partial charge on any atom is 0.416 e. The van der Waals surface area contributed by atoms with Crippen LogP contribution in [0.15, 0.2) is 65.0 Å². The summed E-state index contributed by atoms with van der Waals surface area (Å²) in [5.74, 6) is -0.516. The molecule has 4 amide bonds. The molecule has 0 saturated carbocycles. The van der Waals surface area contributed by atoms with Crippen molar-refractivity contribution in [1.82, 2.24) is 20.0 Å². The Balaban J connectivity index is 1.48. The number of carbonyl (C=O) groups excluding carboxylic acids is 3. The Morgan fingerprint density at radius 2 is 1.88 bits per heavy atom. The van der Waals surface area contributed by atoms with Gasteiger partial charge in [0, 0.05) is 50.7 Å². The van der Waals surface area contributed by atoms with E-state index in [-0.39, 0.29) is 31.4 Å². The third-order valence-corrected chi connectivity index (χ3v) is 7.32. The Morgan fingerprint density at radius 3 is 2.45 bits per heavy atom. The second-order valence-corrected chi connectivity index (χ2v) is 9.97. The highest BCUT2D eigenvalue weighted by molar-refractivity contribution is 7.08. The largest absolute Gasteiger partial charge is 0.463 e. The minimum Gasteiger partial charge on any atom is -0.463 e. The normalized spacial score (nSPS) is 18.4. The molecule has 0 unspecified atom stereocenters. The van der Waals surface area contributed by atoms with Crippen LogP contribution in [0.25, 0.3) is 0 Å². The van der Waals surface area contributed by atoms with E-state index in [0.29, 0.717) is 37.4 Å². The second kappa shape index (κ2) is 12.6. The molecule has 1 saturated heterocycles. The van der Waals surface area contributed by atoms with Crippen LogP contribution < -0.4 is 10.6 Å². The molecule has 0 spiro atoms.